The molecule has 0 radical (unpaired) electrons. The summed E-state index contributed by atoms with van der Waals surface area (Å²) in [5.74, 6) is 0.319. The summed E-state index contributed by atoms with van der Waals surface area (Å²) in [5, 5.41) is 3.53. The van der Waals surface area contributed by atoms with E-state index in [1.54, 1.807) is 0 Å². The van der Waals surface area contributed by atoms with E-state index in [0.717, 1.165) is 39.3 Å². The second-order valence-electron chi connectivity index (χ2n) is 6.87. The smallest absolute Gasteiger partial charge is 0.236 e. The van der Waals surface area contributed by atoms with E-state index in [1.807, 2.05) is 4.90 Å². The van der Waals surface area contributed by atoms with Gasteiger partial charge in [-0.2, -0.15) is 0 Å². The number of hydrogen-bond acceptors (Lipinski definition) is 4. The van der Waals surface area contributed by atoms with E-state index < -0.39 is 0 Å². The molecule has 0 aliphatic carbocycles. The minimum Gasteiger partial charge on any atom is -0.339 e. The van der Waals surface area contributed by atoms with Crippen molar-refractivity contribution in [3.8, 4) is 0 Å². The number of rotatable bonds is 5. The van der Waals surface area contributed by atoms with E-state index in [0.29, 0.717) is 24.5 Å². The molecule has 1 N–H and O–H groups in total. The van der Waals surface area contributed by atoms with Crippen LogP contribution in [-0.4, -0.2) is 85.6 Å². The first-order valence-electron chi connectivity index (χ1n) is 8.50. The molecule has 21 heavy (non-hydrogen) atoms. The first kappa shape index (κ1) is 16.7. The Hall–Kier alpha value is -0.650. The van der Waals surface area contributed by atoms with Gasteiger partial charge in [0.25, 0.3) is 0 Å². The van der Waals surface area contributed by atoms with E-state index in [1.165, 1.54) is 19.3 Å². The quantitative estimate of drug-likeness (QED) is 0.807. The fourth-order valence-corrected chi connectivity index (χ4v) is 3.20. The molecule has 0 spiro atoms. The fourth-order valence-electron chi connectivity index (χ4n) is 3.20. The summed E-state index contributed by atoms with van der Waals surface area (Å²) in [6, 6.07) is 1.04. The van der Waals surface area contributed by atoms with Crippen LogP contribution in [-0.2, 0) is 4.79 Å². The summed E-state index contributed by atoms with van der Waals surface area (Å²) < 4.78 is 0. The van der Waals surface area contributed by atoms with Crippen molar-refractivity contribution in [3.05, 3.63) is 0 Å². The van der Waals surface area contributed by atoms with Crippen molar-refractivity contribution < 1.29 is 4.79 Å². The Kier molecular flexibility index (Phi) is 6.45. The van der Waals surface area contributed by atoms with Crippen LogP contribution in [0.25, 0.3) is 0 Å². The summed E-state index contributed by atoms with van der Waals surface area (Å²) in [4.78, 5) is 19.2. The van der Waals surface area contributed by atoms with Crippen LogP contribution in [0, 0.1) is 0 Å². The number of likely N-dealkylation sites (tertiary alicyclic amines) is 1. The summed E-state index contributed by atoms with van der Waals surface area (Å²) >= 11 is 0. The zero-order chi connectivity index (χ0) is 15.2. The predicted molar refractivity (Wildman–Crippen MR) is 86.4 cm³/mol. The molecule has 2 heterocycles. The molecule has 2 aliphatic rings. The maximum absolute atomic E-state index is 12.5. The number of carbonyl (C=O) groups is 1. The molecule has 0 saturated carbocycles. The van der Waals surface area contributed by atoms with E-state index in [9.17, 15) is 4.79 Å². The number of likely N-dealkylation sites (N-methyl/N-ethyl adjacent to an activating group) is 1. The highest BCUT2D eigenvalue weighted by atomic mass is 16.2. The molecule has 0 aromatic carbocycles. The lowest BCUT2D eigenvalue weighted by Gasteiger charge is -2.38. The van der Waals surface area contributed by atoms with Gasteiger partial charge in [-0.3, -0.25) is 9.69 Å². The van der Waals surface area contributed by atoms with Crippen LogP contribution >= 0.6 is 0 Å². The third kappa shape index (κ3) is 5.24. The largest absolute Gasteiger partial charge is 0.339 e. The average Bonchev–Trinajstić information content (AvgIpc) is 2.47. The number of carbonyl (C=O) groups excluding carboxylic acids is 1. The van der Waals surface area contributed by atoms with Crippen LogP contribution < -0.4 is 5.32 Å². The van der Waals surface area contributed by atoms with Gasteiger partial charge in [-0.15, -0.1) is 0 Å². The molecule has 2 rings (SSSR count). The van der Waals surface area contributed by atoms with Crippen molar-refractivity contribution >= 4 is 5.91 Å². The predicted octanol–water partition coefficient (Wildman–Crippen LogP) is 0.613. The Balaban J connectivity index is 1.82. The van der Waals surface area contributed by atoms with Crippen molar-refractivity contribution in [2.75, 3.05) is 52.9 Å². The number of nitrogens with one attached hydrogen (secondary N) is 1. The Morgan fingerprint density at radius 2 is 1.86 bits per heavy atom. The standard InChI is InChI=1S/C16H32N4O/c1-14(2)17-12-15-6-4-5-7-20(15)13-16(21)19-10-8-18(3)9-11-19/h14-15,17H,4-13H2,1-3H3. The first-order chi connectivity index (χ1) is 10.1. The number of piperidine rings is 1. The summed E-state index contributed by atoms with van der Waals surface area (Å²) in [6.45, 7) is 10.8. The Labute approximate surface area is 129 Å². The van der Waals surface area contributed by atoms with E-state index in [-0.39, 0.29) is 0 Å². The SMILES string of the molecule is CC(C)NCC1CCCCN1CC(=O)N1CCN(C)CC1. The highest BCUT2D eigenvalue weighted by Gasteiger charge is 2.27. The van der Waals surface area contributed by atoms with Crippen molar-refractivity contribution in [2.24, 2.45) is 0 Å². The van der Waals surface area contributed by atoms with Gasteiger partial charge in [-0.25, -0.2) is 0 Å². The monoisotopic (exact) mass is 296 g/mol. The molecular weight excluding hydrogens is 264 g/mol. The van der Waals surface area contributed by atoms with Crippen molar-refractivity contribution in [1.29, 1.82) is 0 Å². The van der Waals surface area contributed by atoms with Crippen LogP contribution in [0.15, 0.2) is 0 Å². The molecule has 1 amide bonds. The number of piperazine rings is 1. The lowest BCUT2D eigenvalue weighted by Crippen LogP contribution is -2.53. The summed E-state index contributed by atoms with van der Waals surface area (Å²) in [5.41, 5.74) is 0. The number of hydrogen-bond donors (Lipinski definition) is 1. The van der Waals surface area contributed by atoms with Crippen LogP contribution in [0.2, 0.25) is 0 Å². The van der Waals surface area contributed by atoms with E-state index in [2.05, 4.69) is 36.0 Å². The summed E-state index contributed by atoms with van der Waals surface area (Å²) in [6.07, 6.45) is 3.74. The Morgan fingerprint density at radius 3 is 2.52 bits per heavy atom. The van der Waals surface area contributed by atoms with E-state index in [4.69, 9.17) is 0 Å². The topological polar surface area (TPSA) is 38.8 Å². The number of amides is 1. The Morgan fingerprint density at radius 1 is 1.14 bits per heavy atom. The van der Waals surface area contributed by atoms with Gasteiger partial charge < -0.3 is 15.1 Å². The molecule has 0 aromatic heterocycles. The number of nitrogens with zero attached hydrogens (tertiary/aromatic N) is 3. The van der Waals surface area contributed by atoms with Gasteiger partial charge in [0.1, 0.15) is 0 Å². The van der Waals surface area contributed by atoms with Gasteiger partial charge in [0.05, 0.1) is 6.54 Å². The van der Waals surface area contributed by atoms with Crippen LogP contribution in [0.1, 0.15) is 33.1 Å². The Bertz CT molecular complexity index is 326. The highest BCUT2D eigenvalue weighted by Crippen LogP contribution is 2.17. The molecule has 1 atom stereocenters. The van der Waals surface area contributed by atoms with E-state index >= 15 is 0 Å². The minimum absolute atomic E-state index is 0.319. The lowest BCUT2D eigenvalue weighted by molar-refractivity contribution is -0.134. The van der Waals surface area contributed by atoms with Crippen molar-refractivity contribution in [1.82, 2.24) is 20.0 Å². The molecule has 5 nitrogen and oxygen atoms in total. The van der Waals surface area contributed by atoms with Gasteiger partial charge in [0.2, 0.25) is 5.91 Å². The summed E-state index contributed by atoms with van der Waals surface area (Å²) in [7, 11) is 2.13. The molecule has 0 aromatic rings. The van der Waals surface area contributed by atoms with Crippen LogP contribution in [0.4, 0.5) is 0 Å². The van der Waals surface area contributed by atoms with Gasteiger partial charge in [-0.05, 0) is 26.4 Å². The first-order valence-corrected chi connectivity index (χ1v) is 8.50. The van der Waals surface area contributed by atoms with Crippen molar-refractivity contribution in [2.45, 2.75) is 45.2 Å². The zero-order valence-electron chi connectivity index (χ0n) is 14.0. The molecule has 122 valence electrons. The normalized spacial score (nSPS) is 25.5. The molecular formula is C16H32N4O. The van der Waals surface area contributed by atoms with Gasteiger partial charge in [0, 0.05) is 44.8 Å². The third-order valence-electron chi connectivity index (χ3n) is 4.71. The highest BCUT2D eigenvalue weighted by molar-refractivity contribution is 5.78. The minimum atomic E-state index is 0.319. The second kappa shape index (κ2) is 8.11. The average molecular weight is 296 g/mol. The maximum Gasteiger partial charge on any atom is 0.236 e. The third-order valence-corrected chi connectivity index (χ3v) is 4.71. The second-order valence-corrected chi connectivity index (χ2v) is 6.87. The van der Waals surface area contributed by atoms with Crippen molar-refractivity contribution in [3.63, 3.8) is 0 Å². The molecule has 2 fully saturated rings. The lowest BCUT2D eigenvalue weighted by atomic mass is 10.0. The zero-order valence-corrected chi connectivity index (χ0v) is 14.0. The maximum atomic E-state index is 12.5. The molecule has 5 heteroatoms. The fraction of sp³-hybridized carbons (Fsp3) is 0.938. The van der Waals surface area contributed by atoms with Crippen LogP contribution in [0.3, 0.4) is 0 Å². The molecule has 1 unspecified atom stereocenters. The van der Waals surface area contributed by atoms with Gasteiger partial charge in [0.15, 0.2) is 0 Å². The van der Waals surface area contributed by atoms with Gasteiger partial charge in [-0.1, -0.05) is 20.3 Å². The van der Waals surface area contributed by atoms with Gasteiger partial charge >= 0.3 is 0 Å². The molecule has 2 saturated heterocycles. The molecule has 2 aliphatic heterocycles. The van der Waals surface area contributed by atoms with Crippen LogP contribution in [0.5, 0.6) is 0 Å². The molecule has 0 bridgehead atoms.